The van der Waals surface area contributed by atoms with Crippen LogP contribution in [0.3, 0.4) is 0 Å². The number of hydrogen-bond donors (Lipinski definition) is 0. The van der Waals surface area contributed by atoms with Crippen molar-refractivity contribution in [1.29, 1.82) is 0 Å². The molecule has 1 aliphatic rings. The molecule has 0 unspecified atom stereocenters. The predicted molar refractivity (Wildman–Crippen MR) is 114 cm³/mol. The fourth-order valence-corrected chi connectivity index (χ4v) is 3.66. The molecule has 1 fully saturated rings. The summed E-state index contributed by atoms with van der Waals surface area (Å²) in [6.45, 7) is 5.72. The zero-order chi connectivity index (χ0) is 19.7. The lowest BCUT2D eigenvalue weighted by molar-refractivity contribution is 0.419. The van der Waals surface area contributed by atoms with Crippen LogP contribution in [0.25, 0.3) is 10.9 Å². The molecule has 0 atom stereocenters. The van der Waals surface area contributed by atoms with Gasteiger partial charge >= 0.3 is 0 Å². The van der Waals surface area contributed by atoms with Crippen LogP contribution in [0.5, 0.6) is 5.75 Å². The van der Waals surface area contributed by atoms with Crippen molar-refractivity contribution in [2.75, 3.05) is 62.1 Å². The summed E-state index contributed by atoms with van der Waals surface area (Å²) in [4.78, 5) is 20.4. The molecule has 2 aromatic heterocycles. The summed E-state index contributed by atoms with van der Waals surface area (Å²) >= 11 is 0. The monoisotopic (exact) mass is 378 g/mol. The standard InChI is InChI=1S/C21H26N6O/c1-15-14-17(16-6-5-7-18(28-4)20(16)23-15)26-10-12-27(13-11-26)19-8-9-22-21(24-19)25(2)3/h5-9,14H,10-13H2,1-4H3. The summed E-state index contributed by atoms with van der Waals surface area (Å²) in [5, 5.41) is 1.13. The smallest absolute Gasteiger partial charge is 0.226 e. The third-order valence-corrected chi connectivity index (χ3v) is 5.10. The molecular formula is C21H26N6O. The number of pyridine rings is 1. The van der Waals surface area contributed by atoms with Gasteiger partial charge in [0.1, 0.15) is 17.1 Å². The van der Waals surface area contributed by atoms with E-state index >= 15 is 0 Å². The predicted octanol–water partition coefficient (Wildman–Crippen LogP) is 2.73. The maximum Gasteiger partial charge on any atom is 0.226 e. The van der Waals surface area contributed by atoms with Gasteiger partial charge in [-0.2, -0.15) is 4.98 Å². The van der Waals surface area contributed by atoms with Gasteiger partial charge in [0.15, 0.2) is 0 Å². The lowest BCUT2D eigenvalue weighted by Gasteiger charge is -2.37. The minimum absolute atomic E-state index is 0.739. The van der Waals surface area contributed by atoms with Crippen molar-refractivity contribution < 1.29 is 4.74 Å². The van der Waals surface area contributed by atoms with E-state index in [1.54, 1.807) is 7.11 Å². The van der Waals surface area contributed by atoms with Crippen LogP contribution in [-0.4, -0.2) is 62.3 Å². The molecular weight excluding hydrogens is 352 g/mol. The summed E-state index contributed by atoms with van der Waals surface area (Å²) in [7, 11) is 5.62. The Bertz CT molecular complexity index is 982. The van der Waals surface area contributed by atoms with E-state index in [0.717, 1.165) is 60.3 Å². The van der Waals surface area contributed by atoms with Gasteiger partial charge in [-0.05, 0) is 25.1 Å². The van der Waals surface area contributed by atoms with Crippen LogP contribution in [0.2, 0.25) is 0 Å². The number of anilines is 3. The summed E-state index contributed by atoms with van der Waals surface area (Å²) in [5.74, 6) is 2.54. The second kappa shape index (κ2) is 7.50. The number of aryl methyl sites for hydroxylation is 1. The topological polar surface area (TPSA) is 57.6 Å². The first-order valence-electron chi connectivity index (χ1n) is 9.51. The van der Waals surface area contributed by atoms with Gasteiger partial charge in [0.25, 0.3) is 0 Å². The summed E-state index contributed by atoms with van der Waals surface area (Å²) in [6.07, 6.45) is 1.83. The number of nitrogens with zero attached hydrogens (tertiary/aromatic N) is 6. The first-order valence-corrected chi connectivity index (χ1v) is 9.51. The molecule has 0 spiro atoms. The molecule has 7 nitrogen and oxygen atoms in total. The quantitative estimate of drug-likeness (QED) is 0.692. The van der Waals surface area contributed by atoms with E-state index in [2.05, 4.69) is 31.9 Å². The molecule has 7 heteroatoms. The second-order valence-corrected chi connectivity index (χ2v) is 7.22. The number of piperazine rings is 1. The molecule has 28 heavy (non-hydrogen) atoms. The number of hydrogen-bond acceptors (Lipinski definition) is 7. The van der Waals surface area contributed by atoms with E-state index in [-0.39, 0.29) is 0 Å². The van der Waals surface area contributed by atoms with Crippen LogP contribution in [0.1, 0.15) is 5.69 Å². The van der Waals surface area contributed by atoms with Crippen molar-refractivity contribution in [3.8, 4) is 5.75 Å². The summed E-state index contributed by atoms with van der Waals surface area (Å²) in [6, 6.07) is 10.3. The Labute approximate surface area is 165 Å². The van der Waals surface area contributed by atoms with Crippen LogP contribution in [0.4, 0.5) is 17.5 Å². The van der Waals surface area contributed by atoms with Crippen molar-refractivity contribution in [1.82, 2.24) is 15.0 Å². The SMILES string of the molecule is COc1cccc2c(N3CCN(c4ccnc(N(C)C)n4)CC3)cc(C)nc12. The molecule has 0 saturated carbocycles. The van der Waals surface area contributed by atoms with E-state index in [1.165, 1.54) is 5.69 Å². The molecule has 3 aromatic rings. The van der Waals surface area contributed by atoms with Crippen LogP contribution in [0, 0.1) is 6.92 Å². The molecule has 1 saturated heterocycles. The Hall–Kier alpha value is -3.09. The number of fused-ring (bicyclic) bond motifs is 1. The van der Waals surface area contributed by atoms with E-state index in [9.17, 15) is 0 Å². The highest BCUT2D eigenvalue weighted by molar-refractivity contribution is 5.95. The molecule has 0 aliphatic carbocycles. The van der Waals surface area contributed by atoms with Gasteiger partial charge in [0.2, 0.25) is 5.95 Å². The molecule has 0 radical (unpaired) electrons. The highest BCUT2D eigenvalue weighted by atomic mass is 16.5. The number of aromatic nitrogens is 3. The highest BCUT2D eigenvalue weighted by Gasteiger charge is 2.21. The van der Waals surface area contributed by atoms with E-state index in [0.29, 0.717) is 0 Å². The van der Waals surface area contributed by atoms with Crippen LogP contribution >= 0.6 is 0 Å². The number of rotatable bonds is 4. The Morgan fingerprint density at radius 3 is 2.46 bits per heavy atom. The minimum atomic E-state index is 0.739. The molecule has 146 valence electrons. The van der Waals surface area contributed by atoms with Crippen molar-refractivity contribution >= 4 is 28.4 Å². The number of para-hydroxylation sites is 1. The van der Waals surface area contributed by atoms with E-state index in [4.69, 9.17) is 9.72 Å². The fraction of sp³-hybridized carbons (Fsp3) is 0.381. The van der Waals surface area contributed by atoms with Gasteiger partial charge in [-0.25, -0.2) is 9.97 Å². The van der Waals surface area contributed by atoms with Gasteiger partial charge < -0.3 is 19.4 Å². The van der Waals surface area contributed by atoms with Crippen LogP contribution in [-0.2, 0) is 0 Å². The summed E-state index contributed by atoms with van der Waals surface area (Å²) in [5.41, 5.74) is 3.15. The Balaban J connectivity index is 1.58. The lowest BCUT2D eigenvalue weighted by Crippen LogP contribution is -2.47. The Morgan fingerprint density at radius 2 is 1.75 bits per heavy atom. The van der Waals surface area contributed by atoms with Gasteiger partial charge in [-0.1, -0.05) is 12.1 Å². The Morgan fingerprint density at radius 1 is 1.00 bits per heavy atom. The fourth-order valence-electron chi connectivity index (χ4n) is 3.66. The lowest BCUT2D eigenvalue weighted by atomic mass is 10.1. The molecule has 1 aromatic carbocycles. The second-order valence-electron chi connectivity index (χ2n) is 7.22. The molecule has 3 heterocycles. The van der Waals surface area contributed by atoms with Gasteiger partial charge in [-0.3, -0.25) is 0 Å². The van der Waals surface area contributed by atoms with Gasteiger partial charge in [0.05, 0.1) is 7.11 Å². The number of ether oxygens (including phenoxy) is 1. The third-order valence-electron chi connectivity index (χ3n) is 5.10. The third kappa shape index (κ3) is 3.40. The van der Waals surface area contributed by atoms with Crippen LogP contribution < -0.4 is 19.4 Å². The first kappa shape index (κ1) is 18.3. The van der Waals surface area contributed by atoms with Gasteiger partial charge in [-0.15, -0.1) is 0 Å². The number of methoxy groups -OCH3 is 1. The molecule has 4 rings (SSSR count). The van der Waals surface area contributed by atoms with Crippen molar-refractivity contribution in [2.24, 2.45) is 0 Å². The van der Waals surface area contributed by atoms with Crippen molar-refractivity contribution in [3.05, 3.63) is 42.2 Å². The largest absolute Gasteiger partial charge is 0.494 e. The molecule has 0 amide bonds. The van der Waals surface area contributed by atoms with Crippen molar-refractivity contribution in [3.63, 3.8) is 0 Å². The molecule has 0 N–H and O–H groups in total. The maximum atomic E-state index is 5.52. The normalized spacial score (nSPS) is 14.4. The average molecular weight is 378 g/mol. The average Bonchev–Trinajstić information content (AvgIpc) is 2.73. The zero-order valence-corrected chi connectivity index (χ0v) is 16.9. The molecule has 0 bridgehead atoms. The first-order chi connectivity index (χ1) is 13.6. The van der Waals surface area contributed by atoms with Crippen LogP contribution in [0.15, 0.2) is 36.5 Å². The van der Waals surface area contributed by atoms with E-state index in [1.807, 2.05) is 50.3 Å². The number of benzene rings is 1. The minimum Gasteiger partial charge on any atom is -0.494 e. The Kier molecular flexibility index (Phi) is 4.90. The molecule has 1 aliphatic heterocycles. The highest BCUT2D eigenvalue weighted by Crippen LogP contribution is 2.33. The summed E-state index contributed by atoms with van der Waals surface area (Å²) < 4.78 is 5.52. The maximum absolute atomic E-state index is 5.52. The van der Waals surface area contributed by atoms with Gasteiger partial charge in [0, 0.05) is 63.2 Å². The van der Waals surface area contributed by atoms with E-state index < -0.39 is 0 Å². The zero-order valence-electron chi connectivity index (χ0n) is 16.9. The van der Waals surface area contributed by atoms with Crippen molar-refractivity contribution in [2.45, 2.75) is 6.92 Å².